The van der Waals surface area contributed by atoms with Crippen molar-refractivity contribution in [2.75, 3.05) is 6.61 Å². The monoisotopic (exact) mass is 493 g/mol. The van der Waals surface area contributed by atoms with E-state index in [1.165, 1.54) is 21.6 Å². The first-order chi connectivity index (χ1) is 15.7. The fourth-order valence-corrected chi connectivity index (χ4v) is 3.87. The van der Waals surface area contributed by atoms with E-state index < -0.39 is 17.7 Å². The van der Waals surface area contributed by atoms with E-state index in [2.05, 4.69) is 20.1 Å². The molecule has 0 aliphatic heterocycles. The number of nitrogens with zero attached hydrogens (tertiary/aromatic N) is 7. The number of halogens is 3. The molecule has 0 N–H and O–H groups in total. The topological polar surface area (TPSA) is 114 Å². The molecule has 172 valence electrons. The second kappa shape index (κ2) is 8.91. The minimum absolute atomic E-state index is 0.00250. The summed E-state index contributed by atoms with van der Waals surface area (Å²) in [5, 5.41) is 16.8. The Morgan fingerprint density at radius 3 is 2.70 bits per heavy atom. The van der Waals surface area contributed by atoms with Crippen molar-refractivity contribution in [2.24, 2.45) is 0 Å². The Bertz CT molecular complexity index is 1370. The largest absolute Gasteiger partial charge is 0.469 e. The van der Waals surface area contributed by atoms with Gasteiger partial charge in [-0.05, 0) is 44.5 Å². The second-order valence-electron chi connectivity index (χ2n) is 7.38. The van der Waals surface area contributed by atoms with Gasteiger partial charge in [-0.3, -0.25) is 15.1 Å². The summed E-state index contributed by atoms with van der Waals surface area (Å²) in [6.07, 6.45) is 1.42. The Hall–Kier alpha value is -3.31. The number of hydrogen-bond acceptors (Lipinski definition) is 7. The van der Waals surface area contributed by atoms with Crippen LogP contribution in [0.5, 0.6) is 5.88 Å². The summed E-state index contributed by atoms with van der Waals surface area (Å²) in [5.41, 5.74) is 2.29. The van der Waals surface area contributed by atoms with Crippen LogP contribution in [0.3, 0.4) is 0 Å². The molecular formula is C20H18Cl2FN7O3. The van der Waals surface area contributed by atoms with Crippen molar-refractivity contribution in [3.8, 4) is 11.6 Å². The minimum Gasteiger partial charge on any atom is -0.469 e. The Morgan fingerprint density at radius 1 is 1.24 bits per heavy atom. The van der Waals surface area contributed by atoms with Crippen LogP contribution in [0.2, 0.25) is 10.3 Å². The molecule has 0 fully saturated rings. The van der Waals surface area contributed by atoms with E-state index in [1.54, 1.807) is 26.0 Å². The minimum atomic E-state index is -1.54. The molecule has 4 heterocycles. The number of aromatic nitrogens is 6. The smallest absolute Gasteiger partial charge is 0.353 e. The van der Waals surface area contributed by atoms with Crippen LogP contribution in [-0.2, 0) is 6.54 Å². The molecule has 33 heavy (non-hydrogen) atoms. The van der Waals surface area contributed by atoms with Gasteiger partial charge in [-0.15, -0.1) is 5.10 Å². The average Bonchev–Trinajstić information content (AvgIpc) is 3.23. The van der Waals surface area contributed by atoms with Crippen molar-refractivity contribution >= 4 is 39.9 Å². The Morgan fingerprint density at radius 2 is 2.00 bits per heavy atom. The fourth-order valence-electron chi connectivity index (χ4n) is 3.49. The van der Waals surface area contributed by atoms with Gasteiger partial charge in [-0.25, -0.2) is 14.1 Å². The summed E-state index contributed by atoms with van der Waals surface area (Å²) in [7, 11) is 0. The lowest BCUT2D eigenvalue weighted by Gasteiger charge is -2.10. The van der Waals surface area contributed by atoms with Gasteiger partial charge in [-0.2, -0.15) is 4.98 Å². The molecule has 13 heteroatoms. The lowest BCUT2D eigenvalue weighted by atomic mass is 10.2. The van der Waals surface area contributed by atoms with E-state index in [4.69, 9.17) is 27.9 Å². The molecule has 0 aliphatic carbocycles. The molecule has 4 aromatic heterocycles. The molecule has 4 aromatic rings. The van der Waals surface area contributed by atoms with Crippen LogP contribution in [0.4, 0.5) is 10.1 Å². The summed E-state index contributed by atoms with van der Waals surface area (Å²) < 4.78 is 23.1. The maximum atomic E-state index is 14.8. The number of ether oxygens (including phenoxy) is 1. The average molecular weight is 494 g/mol. The van der Waals surface area contributed by atoms with Gasteiger partial charge >= 0.3 is 11.6 Å². The highest BCUT2D eigenvalue weighted by Gasteiger charge is 2.29. The third kappa shape index (κ3) is 4.46. The SMILES string of the molecule is Cc1ccc(-n2nc(OCC(F)Cn3cc(Cl)c4cnc(Cl)nc43)c([N+](=O)[O-])c2C)c(C)n1. The molecule has 0 radical (unpaired) electrons. The highest BCUT2D eigenvalue weighted by atomic mass is 35.5. The van der Waals surface area contributed by atoms with Crippen molar-refractivity contribution in [3.63, 3.8) is 0 Å². The van der Waals surface area contributed by atoms with E-state index >= 15 is 0 Å². The second-order valence-corrected chi connectivity index (χ2v) is 8.12. The normalized spacial score (nSPS) is 12.3. The highest BCUT2D eigenvalue weighted by Crippen LogP contribution is 2.32. The molecule has 0 amide bonds. The third-order valence-electron chi connectivity index (χ3n) is 5.00. The van der Waals surface area contributed by atoms with Gasteiger partial charge in [0.25, 0.3) is 0 Å². The number of nitro groups is 1. The standard InChI is InChI=1S/C20H18Cl2FN7O3/c1-10-4-5-16(11(2)25-10)29-12(3)17(30(31)32)19(27-29)33-9-13(23)7-28-8-15(21)14-6-24-20(22)26-18(14)28/h4-6,8,13H,7,9H2,1-3H3. The maximum absolute atomic E-state index is 14.8. The zero-order chi connectivity index (χ0) is 23.9. The fraction of sp³-hybridized carbons (Fsp3) is 0.300. The number of aryl methyl sites for hydroxylation is 2. The maximum Gasteiger partial charge on any atom is 0.353 e. The van der Waals surface area contributed by atoms with Crippen LogP contribution >= 0.6 is 23.2 Å². The van der Waals surface area contributed by atoms with Crippen LogP contribution in [0.25, 0.3) is 16.7 Å². The van der Waals surface area contributed by atoms with Crippen LogP contribution in [0.1, 0.15) is 17.1 Å². The molecule has 0 saturated heterocycles. The first-order valence-electron chi connectivity index (χ1n) is 9.78. The molecule has 0 bridgehead atoms. The van der Waals surface area contributed by atoms with Crippen molar-refractivity contribution in [3.05, 3.63) is 62.0 Å². The zero-order valence-corrected chi connectivity index (χ0v) is 19.3. The predicted octanol–water partition coefficient (Wildman–Crippen LogP) is 4.57. The number of hydrogen-bond donors (Lipinski definition) is 0. The number of alkyl halides is 1. The zero-order valence-electron chi connectivity index (χ0n) is 17.8. The molecule has 0 saturated carbocycles. The summed E-state index contributed by atoms with van der Waals surface area (Å²) in [6, 6.07) is 3.53. The lowest BCUT2D eigenvalue weighted by molar-refractivity contribution is -0.386. The van der Waals surface area contributed by atoms with Gasteiger partial charge in [0.1, 0.15) is 17.9 Å². The highest BCUT2D eigenvalue weighted by molar-refractivity contribution is 6.35. The van der Waals surface area contributed by atoms with Crippen LogP contribution in [0, 0.1) is 30.9 Å². The van der Waals surface area contributed by atoms with Gasteiger partial charge in [0, 0.05) is 18.1 Å². The van der Waals surface area contributed by atoms with Crippen LogP contribution in [-0.4, -0.2) is 47.0 Å². The lowest BCUT2D eigenvalue weighted by Crippen LogP contribution is -2.20. The number of pyridine rings is 1. The summed E-state index contributed by atoms with van der Waals surface area (Å²) >= 11 is 12.0. The van der Waals surface area contributed by atoms with Crippen molar-refractivity contribution in [1.29, 1.82) is 0 Å². The molecular weight excluding hydrogens is 476 g/mol. The van der Waals surface area contributed by atoms with E-state index in [1.807, 2.05) is 6.92 Å². The molecule has 0 spiro atoms. The molecule has 1 unspecified atom stereocenters. The van der Waals surface area contributed by atoms with Crippen molar-refractivity contribution in [2.45, 2.75) is 33.5 Å². The Labute approximate surface area is 197 Å². The predicted molar refractivity (Wildman–Crippen MR) is 120 cm³/mol. The summed E-state index contributed by atoms with van der Waals surface area (Å²) in [6.45, 7) is 4.52. The molecule has 0 aromatic carbocycles. The molecule has 0 aliphatic rings. The molecule has 1 atom stereocenters. The van der Waals surface area contributed by atoms with E-state index in [0.29, 0.717) is 27.4 Å². The van der Waals surface area contributed by atoms with E-state index in [-0.39, 0.29) is 29.1 Å². The van der Waals surface area contributed by atoms with Crippen LogP contribution < -0.4 is 4.74 Å². The van der Waals surface area contributed by atoms with Crippen LogP contribution in [0.15, 0.2) is 24.5 Å². The first kappa shape index (κ1) is 22.9. The van der Waals surface area contributed by atoms with Gasteiger partial charge in [0.2, 0.25) is 5.28 Å². The quantitative estimate of drug-likeness (QED) is 0.210. The van der Waals surface area contributed by atoms with Gasteiger partial charge in [-0.1, -0.05) is 11.6 Å². The Kier molecular flexibility index (Phi) is 6.17. The Balaban J connectivity index is 1.57. The third-order valence-corrected chi connectivity index (χ3v) is 5.48. The van der Waals surface area contributed by atoms with E-state index in [9.17, 15) is 14.5 Å². The summed E-state index contributed by atoms with van der Waals surface area (Å²) in [4.78, 5) is 23.4. The van der Waals surface area contributed by atoms with E-state index in [0.717, 1.165) is 5.69 Å². The van der Waals surface area contributed by atoms with Gasteiger partial charge in [0.05, 0.1) is 33.3 Å². The number of fused-ring (bicyclic) bond motifs is 1. The van der Waals surface area contributed by atoms with Gasteiger partial charge < -0.3 is 9.30 Å². The van der Waals surface area contributed by atoms with Crippen molar-refractivity contribution in [1.82, 2.24) is 29.3 Å². The number of rotatable bonds is 7. The van der Waals surface area contributed by atoms with Gasteiger partial charge in [0.15, 0.2) is 6.17 Å². The molecule has 4 rings (SSSR count). The summed E-state index contributed by atoms with van der Waals surface area (Å²) in [5.74, 6) is -0.277. The van der Waals surface area contributed by atoms with Crippen molar-refractivity contribution < 1.29 is 14.1 Å². The molecule has 10 nitrogen and oxygen atoms in total. The first-order valence-corrected chi connectivity index (χ1v) is 10.5.